The minimum atomic E-state index is -0.254. The van der Waals surface area contributed by atoms with Gasteiger partial charge in [0.1, 0.15) is 17.6 Å². The van der Waals surface area contributed by atoms with E-state index in [1.165, 1.54) is 0 Å². The molecule has 1 amide bonds. The monoisotopic (exact) mass is 301 g/mol. The lowest BCUT2D eigenvalue weighted by Gasteiger charge is -2.19. The maximum absolute atomic E-state index is 12.1. The van der Waals surface area contributed by atoms with Gasteiger partial charge in [0, 0.05) is 25.9 Å². The molecule has 1 atom stereocenters. The minimum Gasteiger partial charge on any atom is -0.497 e. The van der Waals surface area contributed by atoms with E-state index in [0.29, 0.717) is 6.42 Å². The van der Waals surface area contributed by atoms with Crippen LogP contribution in [0.4, 0.5) is 0 Å². The van der Waals surface area contributed by atoms with E-state index in [1.54, 1.807) is 13.3 Å². The summed E-state index contributed by atoms with van der Waals surface area (Å²) in [5.74, 6) is 1.65. The molecule has 0 saturated carbocycles. The Kier molecular flexibility index (Phi) is 5.58. The van der Waals surface area contributed by atoms with Crippen molar-refractivity contribution in [1.82, 2.24) is 14.9 Å². The first-order valence-electron chi connectivity index (χ1n) is 7.56. The molecule has 0 bridgehead atoms. The molecule has 0 aliphatic rings. The van der Waals surface area contributed by atoms with Crippen molar-refractivity contribution in [2.24, 2.45) is 7.05 Å². The molecule has 1 N–H and O–H groups in total. The Labute approximate surface area is 131 Å². The molecule has 1 aromatic heterocycles. The fourth-order valence-corrected chi connectivity index (χ4v) is 2.32. The smallest absolute Gasteiger partial charge is 0.220 e. The van der Waals surface area contributed by atoms with Crippen LogP contribution in [0.15, 0.2) is 36.7 Å². The van der Waals surface area contributed by atoms with Crippen LogP contribution in [0.1, 0.15) is 43.6 Å². The van der Waals surface area contributed by atoms with Crippen molar-refractivity contribution in [2.45, 2.75) is 32.2 Å². The van der Waals surface area contributed by atoms with Crippen molar-refractivity contribution in [3.8, 4) is 5.75 Å². The lowest BCUT2D eigenvalue weighted by Crippen LogP contribution is -2.30. The first-order chi connectivity index (χ1) is 10.7. The average Bonchev–Trinajstić information content (AvgIpc) is 2.96. The number of methoxy groups -OCH3 is 1. The van der Waals surface area contributed by atoms with Gasteiger partial charge in [-0.25, -0.2) is 4.98 Å². The summed E-state index contributed by atoms with van der Waals surface area (Å²) in [5, 5.41) is 3.09. The number of rotatable bonds is 7. The molecule has 1 unspecified atom stereocenters. The molecule has 0 aliphatic heterocycles. The molecule has 5 nitrogen and oxygen atoms in total. The van der Waals surface area contributed by atoms with Crippen LogP contribution in [0.2, 0.25) is 0 Å². The number of nitrogens with zero attached hydrogens (tertiary/aromatic N) is 2. The van der Waals surface area contributed by atoms with Gasteiger partial charge in [-0.2, -0.15) is 0 Å². The molecule has 0 radical (unpaired) electrons. The summed E-state index contributed by atoms with van der Waals surface area (Å²) < 4.78 is 7.11. The number of benzene rings is 1. The summed E-state index contributed by atoms with van der Waals surface area (Å²) in [5.41, 5.74) is 0.986. The molecule has 1 aromatic carbocycles. The number of aromatic nitrogens is 2. The Morgan fingerprint density at radius 2 is 2.09 bits per heavy atom. The summed E-state index contributed by atoms with van der Waals surface area (Å²) >= 11 is 0. The van der Waals surface area contributed by atoms with Crippen molar-refractivity contribution in [2.75, 3.05) is 7.11 Å². The standard InChI is InChI=1S/C17H23N3O2/c1-4-5-6-15(21)19-16(17-18-11-12-20(17)2)13-7-9-14(22-3)10-8-13/h7-12,16H,4-6H2,1-3H3,(H,19,21). The second kappa shape index (κ2) is 7.64. The van der Waals surface area contributed by atoms with Crippen LogP contribution in [-0.4, -0.2) is 22.6 Å². The van der Waals surface area contributed by atoms with Gasteiger partial charge < -0.3 is 14.6 Å². The SMILES string of the molecule is CCCCC(=O)NC(c1ccc(OC)cc1)c1nccn1C. The van der Waals surface area contributed by atoms with E-state index in [4.69, 9.17) is 4.74 Å². The van der Waals surface area contributed by atoms with E-state index in [0.717, 1.165) is 30.0 Å². The number of carbonyl (C=O) groups is 1. The lowest BCUT2D eigenvalue weighted by molar-refractivity contribution is -0.121. The molecule has 0 saturated heterocycles. The molecule has 1 heterocycles. The number of ether oxygens (including phenoxy) is 1. The van der Waals surface area contributed by atoms with Gasteiger partial charge in [0.25, 0.3) is 0 Å². The minimum absolute atomic E-state index is 0.0469. The molecule has 5 heteroatoms. The van der Waals surface area contributed by atoms with Crippen LogP contribution in [0, 0.1) is 0 Å². The van der Waals surface area contributed by atoms with Gasteiger partial charge in [0.2, 0.25) is 5.91 Å². The van der Waals surface area contributed by atoms with Gasteiger partial charge in [0.05, 0.1) is 7.11 Å². The number of hydrogen-bond donors (Lipinski definition) is 1. The summed E-state index contributed by atoms with van der Waals surface area (Å²) in [6.45, 7) is 2.08. The molecule has 118 valence electrons. The Bertz CT molecular complexity index is 605. The maximum Gasteiger partial charge on any atom is 0.220 e. The van der Waals surface area contributed by atoms with Crippen molar-refractivity contribution in [1.29, 1.82) is 0 Å². The van der Waals surface area contributed by atoms with Gasteiger partial charge in [-0.1, -0.05) is 25.5 Å². The Hall–Kier alpha value is -2.30. The third kappa shape index (κ3) is 3.87. The first kappa shape index (κ1) is 16.1. The predicted octanol–water partition coefficient (Wildman–Crippen LogP) is 2.82. The number of amides is 1. The summed E-state index contributed by atoms with van der Waals surface area (Å²) in [4.78, 5) is 16.5. The molecule has 2 aromatic rings. The van der Waals surface area contributed by atoms with E-state index < -0.39 is 0 Å². The molecular weight excluding hydrogens is 278 g/mol. The van der Waals surface area contributed by atoms with Gasteiger partial charge >= 0.3 is 0 Å². The van der Waals surface area contributed by atoms with Crippen LogP contribution < -0.4 is 10.1 Å². The van der Waals surface area contributed by atoms with E-state index in [2.05, 4.69) is 17.2 Å². The second-order valence-corrected chi connectivity index (χ2v) is 5.27. The Morgan fingerprint density at radius 1 is 1.36 bits per heavy atom. The highest BCUT2D eigenvalue weighted by atomic mass is 16.5. The molecule has 0 aliphatic carbocycles. The van der Waals surface area contributed by atoms with E-state index in [-0.39, 0.29) is 11.9 Å². The highest BCUT2D eigenvalue weighted by Gasteiger charge is 2.20. The van der Waals surface area contributed by atoms with Crippen molar-refractivity contribution < 1.29 is 9.53 Å². The number of aryl methyl sites for hydroxylation is 1. The summed E-state index contributed by atoms with van der Waals surface area (Å²) in [6.07, 6.45) is 6.05. The van der Waals surface area contributed by atoms with Crippen LogP contribution in [0.5, 0.6) is 5.75 Å². The number of unbranched alkanes of at least 4 members (excludes halogenated alkanes) is 1. The fourth-order valence-electron chi connectivity index (χ4n) is 2.32. The van der Waals surface area contributed by atoms with Gasteiger partial charge in [-0.15, -0.1) is 0 Å². The second-order valence-electron chi connectivity index (χ2n) is 5.27. The van der Waals surface area contributed by atoms with Crippen LogP contribution >= 0.6 is 0 Å². The first-order valence-corrected chi connectivity index (χ1v) is 7.56. The largest absolute Gasteiger partial charge is 0.497 e. The lowest BCUT2D eigenvalue weighted by atomic mass is 10.1. The topological polar surface area (TPSA) is 56.1 Å². The number of imidazole rings is 1. The van der Waals surface area contributed by atoms with E-state index >= 15 is 0 Å². The third-order valence-corrected chi connectivity index (χ3v) is 3.63. The van der Waals surface area contributed by atoms with Crippen LogP contribution in [0.25, 0.3) is 0 Å². The summed E-state index contributed by atoms with van der Waals surface area (Å²) in [6, 6.07) is 7.44. The van der Waals surface area contributed by atoms with Crippen LogP contribution in [0.3, 0.4) is 0 Å². The molecule has 2 rings (SSSR count). The van der Waals surface area contributed by atoms with Gasteiger partial charge in [-0.3, -0.25) is 4.79 Å². The van der Waals surface area contributed by atoms with Gasteiger partial charge in [-0.05, 0) is 24.1 Å². The fraction of sp³-hybridized carbons (Fsp3) is 0.412. The van der Waals surface area contributed by atoms with Gasteiger partial charge in [0.15, 0.2) is 0 Å². The molecule has 0 spiro atoms. The van der Waals surface area contributed by atoms with Crippen molar-refractivity contribution >= 4 is 5.91 Å². The summed E-state index contributed by atoms with van der Waals surface area (Å²) in [7, 11) is 3.56. The molecule has 0 fully saturated rings. The highest BCUT2D eigenvalue weighted by Crippen LogP contribution is 2.23. The number of carbonyl (C=O) groups excluding carboxylic acids is 1. The maximum atomic E-state index is 12.1. The molecular formula is C17H23N3O2. The van der Waals surface area contributed by atoms with E-state index in [1.807, 2.05) is 42.1 Å². The Morgan fingerprint density at radius 3 is 2.64 bits per heavy atom. The number of hydrogen-bond acceptors (Lipinski definition) is 3. The average molecular weight is 301 g/mol. The zero-order valence-electron chi connectivity index (χ0n) is 13.4. The molecule has 22 heavy (non-hydrogen) atoms. The van der Waals surface area contributed by atoms with E-state index in [9.17, 15) is 4.79 Å². The van der Waals surface area contributed by atoms with Crippen LogP contribution in [-0.2, 0) is 11.8 Å². The zero-order valence-corrected chi connectivity index (χ0v) is 13.4. The Balaban J connectivity index is 2.25. The highest BCUT2D eigenvalue weighted by molar-refractivity contribution is 5.76. The van der Waals surface area contributed by atoms with Crippen molar-refractivity contribution in [3.63, 3.8) is 0 Å². The third-order valence-electron chi connectivity index (χ3n) is 3.63. The normalized spacial score (nSPS) is 12.0. The predicted molar refractivity (Wildman–Crippen MR) is 85.7 cm³/mol. The quantitative estimate of drug-likeness (QED) is 0.855. The van der Waals surface area contributed by atoms with Crippen molar-refractivity contribution in [3.05, 3.63) is 48.0 Å². The zero-order chi connectivity index (χ0) is 15.9. The number of nitrogens with one attached hydrogen (secondary N) is 1.